The topological polar surface area (TPSA) is 38.2 Å². The Labute approximate surface area is 153 Å². The summed E-state index contributed by atoms with van der Waals surface area (Å²) in [5, 5.41) is 0. The van der Waals surface area contributed by atoms with E-state index < -0.39 is 11.7 Å². The minimum Gasteiger partial charge on any atom is -0.463 e. The van der Waals surface area contributed by atoms with Crippen molar-refractivity contribution in [2.24, 2.45) is 0 Å². The number of nitrogens with zero attached hydrogens (tertiary/aromatic N) is 3. The van der Waals surface area contributed by atoms with Crippen LogP contribution in [0.3, 0.4) is 0 Å². The Morgan fingerprint density at radius 3 is 2.64 bits per heavy atom. The summed E-state index contributed by atoms with van der Waals surface area (Å²) in [7, 11) is 1.53. The molecule has 1 heterocycles. The fourth-order valence-electron chi connectivity index (χ4n) is 2.20. The minimum absolute atomic E-state index is 0.0547. The van der Waals surface area contributed by atoms with E-state index in [0.29, 0.717) is 12.3 Å². The number of alkyl halides is 3. The molecule has 0 N–H and O–H groups in total. The van der Waals surface area contributed by atoms with Crippen molar-refractivity contribution in [3.8, 4) is 6.01 Å². The zero-order valence-electron chi connectivity index (χ0n) is 14.0. The van der Waals surface area contributed by atoms with Crippen molar-refractivity contribution in [3.63, 3.8) is 0 Å². The first kappa shape index (κ1) is 19.5. The average molecular weight is 418 g/mol. The number of anilines is 2. The van der Waals surface area contributed by atoms with Crippen LogP contribution in [-0.2, 0) is 6.18 Å². The Balaban J connectivity index is 2.34. The molecule has 0 spiro atoms. The summed E-state index contributed by atoms with van der Waals surface area (Å²) in [6.45, 7) is 2.43. The van der Waals surface area contributed by atoms with Crippen molar-refractivity contribution in [1.29, 1.82) is 0 Å². The van der Waals surface area contributed by atoms with Gasteiger partial charge in [0.05, 0.1) is 6.61 Å². The van der Waals surface area contributed by atoms with Crippen LogP contribution in [0.1, 0.15) is 31.7 Å². The first-order chi connectivity index (χ1) is 11.8. The lowest BCUT2D eigenvalue weighted by molar-refractivity contribution is -0.137. The van der Waals surface area contributed by atoms with Crippen LogP contribution in [0.25, 0.3) is 0 Å². The molecule has 0 aliphatic heterocycles. The van der Waals surface area contributed by atoms with Crippen molar-refractivity contribution >= 4 is 27.4 Å². The van der Waals surface area contributed by atoms with E-state index in [4.69, 9.17) is 4.74 Å². The Kier molecular flexibility index (Phi) is 6.64. The first-order valence-corrected chi connectivity index (χ1v) is 8.68. The van der Waals surface area contributed by atoms with Crippen molar-refractivity contribution in [2.45, 2.75) is 32.4 Å². The smallest absolute Gasteiger partial charge is 0.421 e. The van der Waals surface area contributed by atoms with Gasteiger partial charge in [0.25, 0.3) is 0 Å². The molecule has 0 aliphatic carbocycles. The van der Waals surface area contributed by atoms with Gasteiger partial charge in [-0.25, -0.2) is 4.98 Å². The fourth-order valence-corrected chi connectivity index (χ4v) is 2.59. The number of unbranched alkanes of at least 4 members (excludes halogenated alkanes) is 2. The molecular formula is C17H19BrF3N3O. The number of aromatic nitrogens is 2. The maximum absolute atomic E-state index is 13.3. The molecule has 8 heteroatoms. The maximum atomic E-state index is 13.3. The largest absolute Gasteiger partial charge is 0.463 e. The van der Waals surface area contributed by atoms with E-state index in [-0.39, 0.29) is 11.8 Å². The van der Waals surface area contributed by atoms with E-state index >= 15 is 0 Å². The zero-order chi connectivity index (χ0) is 18.4. The lowest BCUT2D eigenvalue weighted by Crippen LogP contribution is -2.19. The third-order valence-corrected chi connectivity index (χ3v) is 4.04. The Hall–Kier alpha value is -1.83. The molecule has 0 saturated heterocycles. The van der Waals surface area contributed by atoms with Crippen LogP contribution in [-0.4, -0.2) is 23.6 Å². The Morgan fingerprint density at radius 2 is 2.00 bits per heavy atom. The molecule has 0 atom stereocenters. The van der Waals surface area contributed by atoms with Crippen molar-refractivity contribution in [1.82, 2.24) is 9.97 Å². The fraction of sp³-hybridized carbons (Fsp3) is 0.412. The first-order valence-electron chi connectivity index (χ1n) is 7.89. The van der Waals surface area contributed by atoms with E-state index in [1.54, 1.807) is 24.3 Å². The second kappa shape index (κ2) is 8.51. The molecule has 0 saturated carbocycles. The molecule has 1 aromatic heterocycles. The number of hydrogen-bond donors (Lipinski definition) is 0. The van der Waals surface area contributed by atoms with Gasteiger partial charge in [0, 0.05) is 23.4 Å². The number of ether oxygens (including phenoxy) is 1. The summed E-state index contributed by atoms with van der Waals surface area (Å²) in [4.78, 5) is 9.08. The van der Waals surface area contributed by atoms with Crippen molar-refractivity contribution in [3.05, 3.63) is 40.5 Å². The van der Waals surface area contributed by atoms with Gasteiger partial charge in [-0.3, -0.25) is 0 Å². The second-order valence-corrected chi connectivity index (χ2v) is 6.40. The van der Waals surface area contributed by atoms with Gasteiger partial charge in [-0.1, -0.05) is 41.8 Å². The quantitative estimate of drug-likeness (QED) is 0.549. The lowest BCUT2D eigenvalue weighted by Gasteiger charge is -2.22. The van der Waals surface area contributed by atoms with Gasteiger partial charge in [0.1, 0.15) is 5.56 Å². The van der Waals surface area contributed by atoms with Gasteiger partial charge < -0.3 is 9.64 Å². The molecule has 4 nitrogen and oxygen atoms in total. The van der Waals surface area contributed by atoms with Crippen LogP contribution in [0.4, 0.5) is 24.7 Å². The van der Waals surface area contributed by atoms with Crippen molar-refractivity contribution in [2.75, 3.05) is 18.6 Å². The Morgan fingerprint density at radius 1 is 1.24 bits per heavy atom. The summed E-state index contributed by atoms with van der Waals surface area (Å²) in [5.74, 6) is -0.244. The highest BCUT2D eigenvalue weighted by Gasteiger charge is 2.36. The molecule has 1 aromatic carbocycles. The summed E-state index contributed by atoms with van der Waals surface area (Å²) in [6, 6.07) is 6.90. The predicted molar refractivity (Wildman–Crippen MR) is 94.3 cm³/mol. The van der Waals surface area contributed by atoms with Gasteiger partial charge >= 0.3 is 12.2 Å². The van der Waals surface area contributed by atoms with Gasteiger partial charge in [0.2, 0.25) is 0 Å². The highest BCUT2D eigenvalue weighted by Crippen LogP contribution is 2.38. The molecule has 136 valence electrons. The van der Waals surface area contributed by atoms with Crippen LogP contribution in [0.15, 0.2) is 34.9 Å². The SMILES string of the molecule is CCCCCOc1ncc(C(F)(F)F)c(N(C)c2cccc(Br)c2)n1. The summed E-state index contributed by atoms with van der Waals surface area (Å²) >= 11 is 3.32. The summed E-state index contributed by atoms with van der Waals surface area (Å²) in [6.07, 6.45) is -0.987. The lowest BCUT2D eigenvalue weighted by atomic mass is 10.2. The third-order valence-electron chi connectivity index (χ3n) is 3.54. The molecular weight excluding hydrogens is 399 g/mol. The summed E-state index contributed by atoms with van der Waals surface area (Å²) in [5.41, 5.74) is -0.341. The van der Waals surface area contributed by atoms with E-state index in [1.165, 1.54) is 11.9 Å². The van der Waals surface area contributed by atoms with Gasteiger partial charge in [-0.05, 0) is 24.6 Å². The molecule has 0 fully saturated rings. The zero-order valence-corrected chi connectivity index (χ0v) is 15.6. The average Bonchev–Trinajstić information content (AvgIpc) is 2.57. The van der Waals surface area contributed by atoms with E-state index in [1.807, 2.05) is 0 Å². The normalized spacial score (nSPS) is 11.4. The van der Waals surface area contributed by atoms with Crippen molar-refractivity contribution < 1.29 is 17.9 Å². The summed E-state index contributed by atoms with van der Waals surface area (Å²) < 4.78 is 46.2. The molecule has 0 bridgehead atoms. The number of halogens is 4. The minimum atomic E-state index is -4.56. The highest BCUT2D eigenvalue weighted by molar-refractivity contribution is 9.10. The highest BCUT2D eigenvalue weighted by atomic mass is 79.9. The molecule has 0 unspecified atom stereocenters. The molecule has 0 aliphatic rings. The van der Waals surface area contributed by atoms with Crippen LogP contribution in [0, 0.1) is 0 Å². The molecule has 2 aromatic rings. The van der Waals surface area contributed by atoms with Crippen LogP contribution >= 0.6 is 15.9 Å². The number of hydrogen-bond acceptors (Lipinski definition) is 4. The molecule has 0 radical (unpaired) electrons. The third kappa shape index (κ3) is 5.32. The van der Waals surface area contributed by atoms with Gasteiger partial charge in [-0.15, -0.1) is 0 Å². The van der Waals surface area contributed by atoms with E-state index in [2.05, 4.69) is 32.8 Å². The maximum Gasteiger partial charge on any atom is 0.421 e. The van der Waals surface area contributed by atoms with Gasteiger partial charge in [-0.2, -0.15) is 18.2 Å². The predicted octanol–water partition coefficient (Wildman–Crippen LogP) is 5.59. The van der Waals surface area contributed by atoms with Crippen LogP contribution in [0.5, 0.6) is 6.01 Å². The molecule has 25 heavy (non-hydrogen) atoms. The molecule has 0 amide bonds. The van der Waals surface area contributed by atoms with Gasteiger partial charge in [0.15, 0.2) is 5.82 Å². The van der Waals surface area contributed by atoms with Crippen LogP contribution in [0.2, 0.25) is 0 Å². The number of benzene rings is 1. The van der Waals surface area contributed by atoms with E-state index in [0.717, 1.165) is 29.9 Å². The van der Waals surface area contributed by atoms with Crippen LogP contribution < -0.4 is 9.64 Å². The monoisotopic (exact) mass is 417 g/mol. The van der Waals surface area contributed by atoms with E-state index in [9.17, 15) is 13.2 Å². The molecule has 2 rings (SSSR count). The number of rotatable bonds is 7. The second-order valence-electron chi connectivity index (χ2n) is 5.48. The Bertz CT molecular complexity index is 710. The standard InChI is InChI=1S/C17H19BrF3N3O/c1-3-4-5-9-25-16-22-11-14(17(19,20)21)15(23-16)24(2)13-8-6-7-12(18)10-13/h6-8,10-11H,3-5,9H2,1-2H3.